The van der Waals surface area contributed by atoms with Gasteiger partial charge in [-0.25, -0.2) is 8.91 Å². The van der Waals surface area contributed by atoms with Gasteiger partial charge in [-0.05, 0) is 35.9 Å². The van der Waals surface area contributed by atoms with E-state index in [1.807, 2.05) is 0 Å². The average Bonchev–Trinajstić information content (AvgIpc) is 3.11. The van der Waals surface area contributed by atoms with Crippen molar-refractivity contribution in [3.05, 3.63) is 75.5 Å². The first kappa shape index (κ1) is 18.6. The number of benzene rings is 2. The van der Waals surface area contributed by atoms with Crippen LogP contribution in [0.4, 0.5) is 17.6 Å². The van der Waals surface area contributed by atoms with Gasteiger partial charge in [0.25, 0.3) is 11.5 Å². The number of aromatic nitrogens is 4. The lowest BCUT2D eigenvalue weighted by Gasteiger charge is -2.09. The van der Waals surface area contributed by atoms with Gasteiger partial charge in [-0.1, -0.05) is 17.3 Å². The van der Waals surface area contributed by atoms with E-state index in [4.69, 9.17) is 0 Å². The summed E-state index contributed by atoms with van der Waals surface area (Å²) in [5.74, 6) is -1.35. The van der Waals surface area contributed by atoms with Crippen LogP contribution in [-0.2, 0) is 12.7 Å². The Hall–Kier alpha value is -3.76. The Bertz CT molecular complexity index is 1310. The predicted octanol–water partition coefficient (Wildman–Crippen LogP) is 2.66. The van der Waals surface area contributed by atoms with E-state index in [2.05, 4.69) is 20.6 Å². The summed E-state index contributed by atoms with van der Waals surface area (Å²) in [6.45, 7) is -0.210. The van der Waals surface area contributed by atoms with E-state index in [1.165, 1.54) is 18.2 Å². The number of rotatable bonds is 3. The minimum absolute atomic E-state index is 0.161. The summed E-state index contributed by atoms with van der Waals surface area (Å²) >= 11 is 0. The maximum absolute atomic E-state index is 13.4. The molecule has 0 unspecified atom stereocenters. The van der Waals surface area contributed by atoms with E-state index in [0.29, 0.717) is 5.52 Å². The molecular formula is C18H11F4N5O2. The fourth-order valence-corrected chi connectivity index (χ4v) is 2.91. The van der Waals surface area contributed by atoms with Gasteiger partial charge in [-0.2, -0.15) is 13.2 Å². The summed E-state index contributed by atoms with van der Waals surface area (Å²) in [4.78, 5) is 27.2. The molecule has 0 aliphatic heterocycles. The fraction of sp³-hybridized carbons (Fsp3) is 0.111. The highest BCUT2D eigenvalue weighted by Gasteiger charge is 2.30. The largest absolute Gasteiger partial charge is 0.416 e. The molecule has 0 radical (unpaired) electrons. The summed E-state index contributed by atoms with van der Waals surface area (Å²) in [5, 5.41) is 9.90. The number of alkyl halides is 3. The van der Waals surface area contributed by atoms with Crippen LogP contribution >= 0.6 is 0 Å². The zero-order chi connectivity index (χ0) is 20.8. The topological polar surface area (TPSA) is 92.2 Å². The summed E-state index contributed by atoms with van der Waals surface area (Å²) in [6.07, 6.45) is -4.50. The number of halogens is 4. The number of H-pyrrole nitrogens is 1. The molecule has 2 aromatic carbocycles. The molecule has 0 atom stereocenters. The monoisotopic (exact) mass is 405 g/mol. The number of carbonyl (C=O) groups excluding carboxylic acids is 1. The summed E-state index contributed by atoms with van der Waals surface area (Å²) in [6, 6.07) is 8.12. The average molecular weight is 405 g/mol. The molecule has 1 amide bonds. The van der Waals surface area contributed by atoms with E-state index in [0.717, 1.165) is 28.8 Å². The van der Waals surface area contributed by atoms with Gasteiger partial charge in [0, 0.05) is 6.54 Å². The number of nitrogens with one attached hydrogen (secondary N) is 2. The second-order valence-corrected chi connectivity index (χ2v) is 6.19. The van der Waals surface area contributed by atoms with Crippen LogP contribution in [0.2, 0.25) is 0 Å². The number of hydrogen-bond acceptors (Lipinski definition) is 4. The van der Waals surface area contributed by atoms with Gasteiger partial charge in [-0.15, -0.1) is 5.10 Å². The molecule has 0 aliphatic rings. The molecule has 29 heavy (non-hydrogen) atoms. The number of fused-ring (bicyclic) bond motifs is 3. The van der Waals surface area contributed by atoms with Crippen LogP contribution in [0.25, 0.3) is 16.6 Å². The highest BCUT2D eigenvalue weighted by atomic mass is 19.4. The highest BCUT2D eigenvalue weighted by molar-refractivity contribution is 5.99. The van der Waals surface area contributed by atoms with Crippen LogP contribution < -0.4 is 10.9 Å². The zero-order valence-corrected chi connectivity index (χ0v) is 14.4. The van der Waals surface area contributed by atoms with Crippen molar-refractivity contribution in [2.45, 2.75) is 12.7 Å². The molecule has 2 heterocycles. The molecule has 0 bridgehead atoms. The number of nitrogens with zero attached hydrogens (tertiary/aromatic N) is 3. The molecule has 4 aromatic rings. The van der Waals surface area contributed by atoms with Gasteiger partial charge >= 0.3 is 6.18 Å². The van der Waals surface area contributed by atoms with Crippen LogP contribution in [0.3, 0.4) is 0 Å². The van der Waals surface area contributed by atoms with Gasteiger partial charge < -0.3 is 10.3 Å². The number of aromatic amines is 1. The number of carbonyl (C=O) groups is 1. The first-order valence-corrected chi connectivity index (χ1v) is 8.25. The molecule has 4 rings (SSSR count). The molecule has 2 N–H and O–H groups in total. The molecule has 7 nitrogen and oxygen atoms in total. The Morgan fingerprint density at radius 3 is 2.72 bits per heavy atom. The number of amides is 1. The molecule has 0 saturated carbocycles. The molecule has 148 valence electrons. The lowest BCUT2D eigenvalue weighted by molar-refractivity contribution is -0.137. The van der Waals surface area contributed by atoms with Crippen molar-refractivity contribution in [2.24, 2.45) is 0 Å². The Kier molecular flexibility index (Phi) is 4.29. The zero-order valence-electron chi connectivity index (χ0n) is 14.4. The summed E-state index contributed by atoms with van der Waals surface area (Å²) in [7, 11) is 0. The normalized spacial score (nSPS) is 11.9. The minimum atomic E-state index is -4.50. The standard InChI is InChI=1S/C18H11F4N5O2/c19-11-4-5-13-12(7-11)24-17(29)15-14(25-26-27(13)15)16(28)23-8-9-2-1-3-10(6-9)18(20,21)22/h1-7H,8H2,(H,23,28)(H,24,29). The van der Waals surface area contributed by atoms with Crippen LogP contribution in [0.5, 0.6) is 0 Å². The summed E-state index contributed by atoms with van der Waals surface area (Å²) < 4.78 is 52.8. The molecule has 0 spiro atoms. The quantitative estimate of drug-likeness (QED) is 0.513. The highest BCUT2D eigenvalue weighted by Crippen LogP contribution is 2.29. The predicted molar refractivity (Wildman–Crippen MR) is 93.7 cm³/mol. The lowest BCUT2D eigenvalue weighted by atomic mass is 10.1. The third kappa shape index (κ3) is 3.42. The van der Waals surface area contributed by atoms with Crippen molar-refractivity contribution in [3.63, 3.8) is 0 Å². The van der Waals surface area contributed by atoms with Crippen LogP contribution in [-0.4, -0.2) is 25.7 Å². The SMILES string of the molecule is O=C(NCc1cccc(C(F)(F)F)c1)c1nnn2c1c(=O)[nH]c1cc(F)ccc12. The van der Waals surface area contributed by atoms with E-state index in [-0.39, 0.29) is 28.8 Å². The maximum Gasteiger partial charge on any atom is 0.416 e. The van der Waals surface area contributed by atoms with Gasteiger partial charge in [0.2, 0.25) is 0 Å². The Morgan fingerprint density at radius 1 is 1.17 bits per heavy atom. The first-order valence-electron chi connectivity index (χ1n) is 8.25. The van der Waals surface area contributed by atoms with Gasteiger partial charge in [0.1, 0.15) is 5.82 Å². The van der Waals surface area contributed by atoms with E-state index in [1.54, 1.807) is 0 Å². The first-order chi connectivity index (χ1) is 13.7. The fourth-order valence-electron chi connectivity index (χ4n) is 2.91. The summed E-state index contributed by atoms with van der Waals surface area (Å²) in [5.41, 5.74) is -1.30. The molecule has 0 saturated heterocycles. The van der Waals surface area contributed by atoms with Crippen molar-refractivity contribution in [3.8, 4) is 0 Å². The second kappa shape index (κ2) is 6.69. The van der Waals surface area contributed by atoms with Gasteiger partial charge in [0.15, 0.2) is 11.2 Å². The van der Waals surface area contributed by atoms with Crippen LogP contribution in [0.15, 0.2) is 47.3 Å². The third-order valence-electron chi connectivity index (χ3n) is 4.24. The molecule has 2 aromatic heterocycles. The van der Waals surface area contributed by atoms with Crippen molar-refractivity contribution in [2.75, 3.05) is 0 Å². The number of hydrogen-bond donors (Lipinski definition) is 2. The Morgan fingerprint density at radius 2 is 1.97 bits per heavy atom. The second-order valence-electron chi connectivity index (χ2n) is 6.19. The Balaban J connectivity index is 1.65. The van der Waals surface area contributed by atoms with Crippen molar-refractivity contribution < 1.29 is 22.4 Å². The van der Waals surface area contributed by atoms with Crippen LogP contribution in [0.1, 0.15) is 21.6 Å². The van der Waals surface area contributed by atoms with Crippen molar-refractivity contribution in [1.29, 1.82) is 0 Å². The minimum Gasteiger partial charge on any atom is -0.346 e. The smallest absolute Gasteiger partial charge is 0.346 e. The van der Waals surface area contributed by atoms with Crippen molar-refractivity contribution >= 4 is 22.5 Å². The van der Waals surface area contributed by atoms with Gasteiger partial charge in [-0.3, -0.25) is 9.59 Å². The molecule has 11 heteroatoms. The van der Waals surface area contributed by atoms with Crippen molar-refractivity contribution in [1.82, 2.24) is 25.1 Å². The van der Waals surface area contributed by atoms with E-state index < -0.39 is 29.0 Å². The third-order valence-corrected chi connectivity index (χ3v) is 4.24. The van der Waals surface area contributed by atoms with Crippen LogP contribution in [0, 0.1) is 5.82 Å². The Labute approximate surface area is 159 Å². The molecule has 0 aliphatic carbocycles. The lowest BCUT2D eigenvalue weighted by Crippen LogP contribution is -2.25. The molecular weight excluding hydrogens is 394 g/mol. The van der Waals surface area contributed by atoms with E-state index >= 15 is 0 Å². The molecule has 0 fully saturated rings. The van der Waals surface area contributed by atoms with E-state index in [9.17, 15) is 27.2 Å². The maximum atomic E-state index is 13.4. The van der Waals surface area contributed by atoms with Gasteiger partial charge in [0.05, 0.1) is 16.6 Å².